The van der Waals surface area contributed by atoms with Crippen LogP contribution in [0.5, 0.6) is 0 Å². The molecule has 0 radical (unpaired) electrons. The second-order valence-electron chi connectivity index (χ2n) is 6.76. The van der Waals surface area contributed by atoms with Crippen LogP contribution >= 0.6 is 12.4 Å². The van der Waals surface area contributed by atoms with Crippen LogP contribution in [0.15, 0.2) is 30.3 Å². The molecular weight excluding hydrogens is 324 g/mol. The molecule has 1 aromatic carbocycles. The number of carbonyl (C=O) groups excluding carboxylic acids is 1. The highest BCUT2D eigenvalue weighted by molar-refractivity contribution is 5.85. The van der Waals surface area contributed by atoms with E-state index in [1.165, 1.54) is 12.8 Å². The van der Waals surface area contributed by atoms with Crippen molar-refractivity contribution in [1.82, 2.24) is 10.6 Å². The molecule has 0 bridgehead atoms. The molecule has 0 aromatic heterocycles. The molecule has 136 valence electrons. The summed E-state index contributed by atoms with van der Waals surface area (Å²) in [5, 5.41) is 6.47. The van der Waals surface area contributed by atoms with E-state index in [9.17, 15) is 4.79 Å². The maximum atomic E-state index is 12.2. The van der Waals surface area contributed by atoms with E-state index in [2.05, 4.69) is 17.6 Å². The highest BCUT2D eigenvalue weighted by Gasteiger charge is 2.22. The van der Waals surface area contributed by atoms with Gasteiger partial charge in [-0.1, -0.05) is 37.3 Å². The van der Waals surface area contributed by atoms with E-state index in [-0.39, 0.29) is 24.4 Å². The minimum absolute atomic E-state index is 0. The molecule has 1 heterocycles. The Balaban J connectivity index is 0.00000288. The first-order valence-electron chi connectivity index (χ1n) is 8.77. The Morgan fingerprint density at radius 2 is 2.08 bits per heavy atom. The Labute approximate surface area is 152 Å². The van der Waals surface area contributed by atoms with Gasteiger partial charge in [0.25, 0.3) is 0 Å². The summed E-state index contributed by atoms with van der Waals surface area (Å²) in [5.74, 6) is 1.19. The molecule has 1 fully saturated rings. The number of rotatable bonds is 8. The molecule has 0 spiro atoms. The fourth-order valence-corrected chi connectivity index (χ4v) is 3.13. The molecule has 2 N–H and O–H groups in total. The molecule has 0 saturated carbocycles. The van der Waals surface area contributed by atoms with Crippen LogP contribution in [0.4, 0.5) is 0 Å². The zero-order valence-corrected chi connectivity index (χ0v) is 15.6. The van der Waals surface area contributed by atoms with Crippen molar-refractivity contribution < 1.29 is 9.53 Å². The SMILES string of the molecule is CC(COCc1ccccc1)NC(=O)CC(C)C1CCCNC1.Cl. The summed E-state index contributed by atoms with van der Waals surface area (Å²) in [6, 6.07) is 10.1. The van der Waals surface area contributed by atoms with Crippen molar-refractivity contribution in [1.29, 1.82) is 0 Å². The van der Waals surface area contributed by atoms with Gasteiger partial charge >= 0.3 is 0 Å². The van der Waals surface area contributed by atoms with Gasteiger partial charge in [-0.25, -0.2) is 0 Å². The number of carbonyl (C=O) groups is 1. The lowest BCUT2D eigenvalue weighted by Crippen LogP contribution is -2.39. The Hall–Kier alpha value is -1.10. The van der Waals surface area contributed by atoms with E-state index >= 15 is 0 Å². The molecular formula is C19H31ClN2O2. The average Bonchev–Trinajstić information content (AvgIpc) is 2.56. The van der Waals surface area contributed by atoms with Gasteiger partial charge in [0.05, 0.1) is 13.2 Å². The van der Waals surface area contributed by atoms with Gasteiger partial charge in [0.2, 0.25) is 5.91 Å². The van der Waals surface area contributed by atoms with Gasteiger partial charge in [-0.2, -0.15) is 0 Å². The van der Waals surface area contributed by atoms with Gasteiger partial charge in [-0.05, 0) is 50.3 Å². The van der Waals surface area contributed by atoms with Gasteiger partial charge in [-0.3, -0.25) is 4.79 Å². The fourth-order valence-electron chi connectivity index (χ4n) is 3.13. The first-order valence-corrected chi connectivity index (χ1v) is 8.77. The highest BCUT2D eigenvalue weighted by Crippen LogP contribution is 2.22. The van der Waals surface area contributed by atoms with E-state index < -0.39 is 0 Å². The number of amides is 1. The van der Waals surface area contributed by atoms with E-state index in [4.69, 9.17) is 4.74 Å². The molecule has 1 saturated heterocycles. The van der Waals surface area contributed by atoms with E-state index in [0.717, 1.165) is 18.7 Å². The molecule has 4 nitrogen and oxygen atoms in total. The predicted molar refractivity (Wildman–Crippen MR) is 100 cm³/mol. The number of hydrogen-bond donors (Lipinski definition) is 2. The molecule has 1 amide bonds. The molecule has 5 heteroatoms. The second-order valence-corrected chi connectivity index (χ2v) is 6.76. The van der Waals surface area contributed by atoms with Crippen molar-refractivity contribution in [2.24, 2.45) is 11.8 Å². The summed E-state index contributed by atoms with van der Waals surface area (Å²) in [7, 11) is 0. The minimum atomic E-state index is 0. The smallest absolute Gasteiger partial charge is 0.220 e. The standard InChI is InChI=1S/C19H30N2O2.ClH/c1-15(18-9-6-10-20-12-18)11-19(22)21-16(2)13-23-14-17-7-4-3-5-8-17;/h3-5,7-8,15-16,18,20H,6,9-14H2,1-2H3,(H,21,22);1H. The Morgan fingerprint density at radius 1 is 1.33 bits per heavy atom. The van der Waals surface area contributed by atoms with Crippen LogP contribution in [0.2, 0.25) is 0 Å². The third-order valence-electron chi connectivity index (χ3n) is 4.53. The summed E-state index contributed by atoms with van der Waals surface area (Å²) in [5.41, 5.74) is 1.16. The average molecular weight is 355 g/mol. The predicted octanol–water partition coefficient (Wildman–Crippen LogP) is 3.16. The van der Waals surface area contributed by atoms with Gasteiger partial charge in [0.15, 0.2) is 0 Å². The van der Waals surface area contributed by atoms with E-state index in [1.54, 1.807) is 0 Å². The maximum Gasteiger partial charge on any atom is 0.220 e. The lowest BCUT2D eigenvalue weighted by atomic mass is 9.85. The van der Waals surface area contributed by atoms with Gasteiger partial charge in [0.1, 0.15) is 0 Å². The van der Waals surface area contributed by atoms with Crippen molar-refractivity contribution in [3.05, 3.63) is 35.9 Å². The van der Waals surface area contributed by atoms with E-state index in [0.29, 0.717) is 31.5 Å². The van der Waals surface area contributed by atoms with Crippen LogP contribution in [0.3, 0.4) is 0 Å². The topological polar surface area (TPSA) is 50.4 Å². The molecule has 0 aliphatic carbocycles. The van der Waals surface area contributed by atoms with Crippen LogP contribution in [0.1, 0.15) is 38.7 Å². The van der Waals surface area contributed by atoms with Crippen LogP contribution in [-0.4, -0.2) is 31.6 Å². The number of nitrogens with one attached hydrogen (secondary N) is 2. The summed E-state index contributed by atoms with van der Waals surface area (Å²) < 4.78 is 5.68. The zero-order chi connectivity index (χ0) is 16.5. The molecule has 1 aliphatic heterocycles. The van der Waals surface area contributed by atoms with Gasteiger partial charge in [-0.15, -0.1) is 12.4 Å². The van der Waals surface area contributed by atoms with Gasteiger partial charge < -0.3 is 15.4 Å². The summed E-state index contributed by atoms with van der Waals surface area (Å²) in [6.45, 7) is 7.48. The minimum Gasteiger partial charge on any atom is -0.375 e. The first-order chi connectivity index (χ1) is 11.1. The lowest BCUT2D eigenvalue weighted by Gasteiger charge is -2.28. The van der Waals surface area contributed by atoms with Crippen molar-refractivity contribution in [2.75, 3.05) is 19.7 Å². The number of piperidine rings is 1. The van der Waals surface area contributed by atoms with Crippen molar-refractivity contribution >= 4 is 18.3 Å². The summed E-state index contributed by atoms with van der Waals surface area (Å²) in [4.78, 5) is 12.2. The van der Waals surface area contributed by atoms with Crippen LogP contribution in [0.25, 0.3) is 0 Å². The van der Waals surface area contributed by atoms with Crippen LogP contribution in [0, 0.1) is 11.8 Å². The van der Waals surface area contributed by atoms with Crippen molar-refractivity contribution in [3.63, 3.8) is 0 Å². The van der Waals surface area contributed by atoms with Crippen LogP contribution in [-0.2, 0) is 16.1 Å². The lowest BCUT2D eigenvalue weighted by molar-refractivity contribution is -0.123. The third-order valence-corrected chi connectivity index (χ3v) is 4.53. The largest absolute Gasteiger partial charge is 0.375 e. The zero-order valence-electron chi connectivity index (χ0n) is 14.8. The number of hydrogen-bond acceptors (Lipinski definition) is 3. The van der Waals surface area contributed by atoms with Gasteiger partial charge in [0, 0.05) is 12.5 Å². The second kappa shape index (κ2) is 11.5. The summed E-state index contributed by atoms with van der Waals surface area (Å²) in [6.07, 6.45) is 3.06. The third kappa shape index (κ3) is 7.65. The quantitative estimate of drug-likeness (QED) is 0.754. The molecule has 1 aliphatic rings. The molecule has 1 aromatic rings. The number of ether oxygens (including phenoxy) is 1. The molecule has 2 rings (SSSR count). The first kappa shape index (κ1) is 20.9. The maximum absolute atomic E-state index is 12.2. The number of benzene rings is 1. The molecule has 3 unspecified atom stereocenters. The van der Waals surface area contributed by atoms with Crippen molar-refractivity contribution in [3.8, 4) is 0 Å². The van der Waals surface area contributed by atoms with Crippen LogP contribution < -0.4 is 10.6 Å². The summed E-state index contributed by atoms with van der Waals surface area (Å²) >= 11 is 0. The molecule has 24 heavy (non-hydrogen) atoms. The Morgan fingerprint density at radius 3 is 2.75 bits per heavy atom. The van der Waals surface area contributed by atoms with E-state index in [1.807, 2.05) is 37.3 Å². The highest BCUT2D eigenvalue weighted by atomic mass is 35.5. The monoisotopic (exact) mass is 354 g/mol. The Kier molecular flexibility index (Phi) is 9.99. The fraction of sp³-hybridized carbons (Fsp3) is 0.632. The molecule has 3 atom stereocenters. The Bertz CT molecular complexity index is 464. The number of halogens is 1. The normalized spacial score (nSPS) is 19.8. The van der Waals surface area contributed by atoms with Crippen molar-refractivity contribution in [2.45, 2.75) is 45.8 Å².